The minimum Gasteiger partial charge on any atom is -0.489 e. The topological polar surface area (TPSA) is 66.0 Å². The molecule has 1 atom stereocenters. The Kier molecular flexibility index (Phi) is 7.88. The summed E-state index contributed by atoms with van der Waals surface area (Å²) in [5, 5.41) is 6.68. The van der Waals surface area contributed by atoms with Gasteiger partial charge in [-0.05, 0) is 44.0 Å². The number of nitrogens with one attached hydrogen (secondary N) is 2. The van der Waals surface area contributed by atoms with Crippen molar-refractivity contribution in [3.8, 4) is 5.75 Å². The van der Waals surface area contributed by atoms with Crippen LogP contribution in [0.1, 0.15) is 33.6 Å². The van der Waals surface area contributed by atoms with Crippen LogP contribution in [0, 0.1) is 11.7 Å². The summed E-state index contributed by atoms with van der Waals surface area (Å²) in [5.41, 5.74) is 0. The molecule has 0 aliphatic carbocycles. The highest BCUT2D eigenvalue weighted by Crippen LogP contribution is 2.14. The molecule has 1 aromatic carbocycles. The molecule has 1 aliphatic rings. The smallest absolute Gasteiger partial charge is 0.225 e. The van der Waals surface area contributed by atoms with Crippen LogP contribution in [-0.2, 0) is 4.79 Å². The van der Waals surface area contributed by atoms with Crippen molar-refractivity contribution in [2.45, 2.75) is 45.8 Å². The van der Waals surface area contributed by atoms with E-state index >= 15 is 0 Å². The van der Waals surface area contributed by atoms with Crippen LogP contribution in [0.25, 0.3) is 0 Å². The third-order valence-electron chi connectivity index (χ3n) is 4.57. The van der Waals surface area contributed by atoms with Gasteiger partial charge in [0, 0.05) is 32.1 Å². The van der Waals surface area contributed by atoms with E-state index in [0.29, 0.717) is 18.3 Å². The molecule has 27 heavy (non-hydrogen) atoms. The number of carbonyl (C=O) groups is 1. The molecule has 7 heteroatoms. The Morgan fingerprint density at radius 3 is 2.44 bits per heavy atom. The maximum absolute atomic E-state index is 12.9. The number of amides is 1. The minimum absolute atomic E-state index is 0.0477. The van der Waals surface area contributed by atoms with Crippen LogP contribution >= 0.6 is 0 Å². The van der Waals surface area contributed by atoms with Crippen LogP contribution in [0.3, 0.4) is 0 Å². The Morgan fingerprint density at radius 1 is 1.26 bits per heavy atom. The predicted octanol–water partition coefficient (Wildman–Crippen LogP) is 2.41. The largest absolute Gasteiger partial charge is 0.489 e. The number of benzene rings is 1. The minimum atomic E-state index is -0.279. The van der Waals surface area contributed by atoms with Crippen molar-refractivity contribution in [1.29, 1.82) is 0 Å². The number of carbonyl (C=O) groups excluding carboxylic acids is 1. The maximum Gasteiger partial charge on any atom is 0.225 e. The Bertz CT molecular complexity index is 625. The number of hydrogen-bond acceptors (Lipinski definition) is 3. The van der Waals surface area contributed by atoms with Gasteiger partial charge in [0.25, 0.3) is 0 Å². The predicted molar refractivity (Wildman–Crippen MR) is 105 cm³/mol. The molecule has 1 fully saturated rings. The lowest BCUT2D eigenvalue weighted by Gasteiger charge is -2.34. The molecule has 1 amide bonds. The summed E-state index contributed by atoms with van der Waals surface area (Å²) < 4.78 is 18.7. The summed E-state index contributed by atoms with van der Waals surface area (Å²) in [6.07, 6.45) is 1.71. The molecular formula is C20H31FN4O2. The lowest BCUT2D eigenvalue weighted by Crippen LogP contribution is -2.51. The SMILES string of the molecule is CN=C(NCC(C)Oc1ccc(F)cc1)NC1CCN(C(=O)C(C)C)CC1. The van der Waals surface area contributed by atoms with Crippen molar-refractivity contribution in [3.05, 3.63) is 30.1 Å². The highest BCUT2D eigenvalue weighted by molar-refractivity contribution is 5.80. The van der Waals surface area contributed by atoms with Crippen LogP contribution in [0.2, 0.25) is 0 Å². The molecule has 0 bridgehead atoms. The Hall–Kier alpha value is -2.31. The van der Waals surface area contributed by atoms with Gasteiger partial charge in [0.15, 0.2) is 5.96 Å². The number of aliphatic imine (C=N–C) groups is 1. The van der Waals surface area contributed by atoms with Gasteiger partial charge in [-0.3, -0.25) is 9.79 Å². The van der Waals surface area contributed by atoms with E-state index in [0.717, 1.165) is 31.9 Å². The second-order valence-corrected chi connectivity index (χ2v) is 7.23. The van der Waals surface area contributed by atoms with E-state index in [4.69, 9.17) is 4.74 Å². The molecule has 1 aromatic rings. The fourth-order valence-corrected chi connectivity index (χ4v) is 3.02. The molecule has 2 N–H and O–H groups in total. The number of rotatable bonds is 6. The molecule has 1 unspecified atom stereocenters. The number of guanidine groups is 1. The van der Waals surface area contributed by atoms with Crippen LogP contribution in [0.15, 0.2) is 29.3 Å². The molecule has 150 valence electrons. The Balaban J connectivity index is 1.73. The van der Waals surface area contributed by atoms with Gasteiger partial charge in [0.1, 0.15) is 17.7 Å². The van der Waals surface area contributed by atoms with Crippen LogP contribution in [-0.4, -0.2) is 55.6 Å². The molecular weight excluding hydrogens is 347 g/mol. The zero-order valence-electron chi connectivity index (χ0n) is 16.7. The van der Waals surface area contributed by atoms with Gasteiger partial charge in [-0.25, -0.2) is 4.39 Å². The summed E-state index contributed by atoms with van der Waals surface area (Å²) in [5.74, 6) is 1.35. The van der Waals surface area contributed by atoms with Crippen molar-refractivity contribution in [1.82, 2.24) is 15.5 Å². The summed E-state index contributed by atoms with van der Waals surface area (Å²) in [6, 6.07) is 6.29. The van der Waals surface area contributed by atoms with E-state index in [1.807, 2.05) is 25.7 Å². The van der Waals surface area contributed by atoms with Crippen LogP contribution in [0.5, 0.6) is 5.75 Å². The molecule has 0 aromatic heterocycles. The monoisotopic (exact) mass is 378 g/mol. The number of likely N-dealkylation sites (tertiary alicyclic amines) is 1. The van der Waals surface area contributed by atoms with Crippen molar-refractivity contribution in [2.75, 3.05) is 26.7 Å². The quantitative estimate of drug-likeness (QED) is 0.589. The van der Waals surface area contributed by atoms with Crippen molar-refractivity contribution >= 4 is 11.9 Å². The third kappa shape index (κ3) is 6.73. The number of ether oxygens (including phenoxy) is 1. The molecule has 0 saturated carbocycles. The zero-order chi connectivity index (χ0) is 19.8. The average Bonchev–Trinajstić information content (AvgIpc) is 2.66. The van der Waals surface area contributed by atoms with Gasteiger partial charge in [-0.2, -0.15) is 0 Å². The molecule has 1 aliphatic heterocycles. The molecule has 1 saturated heterocycles. The van der Waals surface area contributed by atoms with Gasteiger partial charge >= 0.3 is 0 Å². The van der Waals surface area contributed by atoms with E-state index < -0.39 is 0 Å². The Labute approximate surface area is 161 Å². The fraction of sp³-hybridized carbons (Fsp3) is 0.600. The lowest BCUT2D eigenvalue weighted by molar-refractivity contribution is -0.135. The van der Waals surface area contributed by atoms with Crippen molar-refractivity contribution < 1.29 is 13.9 Å². The first-order chi connectivity index (χ1) is 12.9. The molecule has 2 rings (SSSR count). The van der Waals surface area contributed by atoms with Crippen LogP contribution in [0.4, 0.5) is 4.39 Å². The molecule has 1 heterocycles. The standard InChI is InChI=1S/C20H31FN4O2/c1-14(2)19(26)25-11-9-17(10-12-25)24-20(22-4)23-13-15(3)27-18-7-5-16(21)6-8-18/h5-8,14-15,17H,9-13H2,1-4H3,(H2,22,23,24). The highest BCUT2D eigenvalue weighted by atomic mass is 19.1. The van der Waals surface area contributed by atoms with E-state index in [-0.39, 0.29) is 23.7 Å². The first-order valence-corrected chi connectivity index (χ1v) is 9.57. The van der Waals surface area contributed by atoms with Gasteiger partial charge in [0.2, 0.25) is 5.91 Å². The van der Waals surface area contributed by atoms with Gasteiger partial charge in [-0.1, -0.05) is 13.8 Å². The zero-order valence-corrected chi connectivity index (χ0v) is 16.7. The first-order valence-electron chi connectivity index (χ1n) is 9.57. The third-order valence-corrected chi connectivity index (χ3v) is 4.57. The van der Waals surface area contributed by atoms with Gasteiger partial charge < -0.3 is 20.3 Å². The highest BCUT2D eigenvalue weighted by Gasteiger charge is 2.24. The fourth-order valence-electron chi connectivity index (χ4n) is 3.02. The summed E-state index contributed by atoms with van der Waals surface area (Å²) in [6.45, 7) is 7.94. The van der Waals surface area contributed by atoms with Gasteiger partial charge in [-0.15, -0.1) is 0 Å². The maximum atomic E-state index is 12.9. The number of nitrogens with zero attached hydrogens (tertiary/aromatic N) is 2. The van der Waals surface area contributed by atoms with Crippen molar-refractivity contribution in [3.63, 3.8) is 0 Å². The summed E-state index contributed by atoms with van der Waals surface area (Å²) >= 11 is 0. The first kappa shape index (κ1) is 21.0. The summed E-state index contributed by atoms with van der Waals surface area (Å²) in [4.78, 5) is 18.3. The van der Waals surface area contributed by atoms with Crippen molar-refractivity contribution in [2.24, 2.45) is 10.9 Å². The molecule has 6 nitrogen and oxygen atoms in total. The summed E-state index contributed by atoms with van der Waals surface area (Å²) in [7, 11) is 1.73. The average molecular weight is 378 g/mol. The van der Waals surface area contributed by atoms with Crippen LogP contribution < -0.4 is 15.4 Å². The van der Waals surface area contributed by atoms with E-state index in [2.05, 4.69) is 15.6 Å². The van der Waals surface area contributed by atoms with Gasteiger partial charge in [0.05, 0.1) is 6.54 Å². The lowest BCUT2D eigenvalue weighted by atomic mass is 10.0. The Morgan fingerprint density at radius 2 is 1.89 bits per heavy atom. The molecule has 0 spiro atoms. The van der Waals surface area contributed by atoms with E-state index in [1.165, 1.54) is 12.1 Å². The number of halogens is 1. The van der Waals surface area contributed by atoms with E-state index in [1.54, 1.807) is 19.2 Å². The molecule has 0 radical (unpaired) electrons. The number of hydrogen-bond donors (Lipinski definition) is 2. The second kappa shape index (κ2) is 10.1. The second-order valence-electron chi connectivity index (χ2n) is 7.23. The number of piperidine rings is 1. The van der Waals surface area contributed by atoms with E-state index in [9.17, 15) is 9.18 Å². The normalized spacial score (nSPS) is 17.0.